The molecule has 0 saturated carbocycles. The molecule has 0 atom stereocenters. The van der Waals surface area contributed by atoms with Gasteiger partial charge in [-0.15, -0.1) is 0 Å². The fourth-order valence-electron chi connectivity index (χ4n) is 1.56. The van der Waals surface area contributed by atoms with Crippen molar-refractivity contribution >= 4 is 5.91 Å². The summed E-state index contributed by atoms with van der Waals surface area (Å²) in [4.78, 5) is 15.7. The van der Waals surface area contributed by atoms with Crippen molar-refractivity contribution < 1.29 is 9.21 Å². The first-order valence-corrected chi connectivity index (χ1v) is 5.38. The number of nitrogens with zero attached hydrogens (tertiary/aromatic N) is 2. The van der Waals surface area contributed by atoms with Crippen LogP contribution in [0.2, 0.25) is 0 Å². The minimum absolute atomic E-state index is 0.0405. The van der Waals surface area contributed by atoms with Crippen molar-refractivity contribution in [3.8, 4) is 17.4 Å². The first kappa shape index (κ1) is 11.9. The van der Waals surface area contributed by atoms with Gasteiger partial charge in [-0.05, 0) is 25.1 Å². The number of pyridine rings is 1. The van der Waals surface area contributed by atoms with E-state index in [0.717, 1.165) is 11.1 Å². The molecule has 0 aliphatic carbocycles. The zero-order valence-corrected chi connectivity index (χ0v) is 9.80. The lowest BCUT2D eigenvalue weighted by Crippen LogP contribution is -2.23. The Bertz CT molecular complexity index is 596. The highest BCUT2D eigenvalue weighted by molar-refractivity contribution is 5.93. The Morgan fingerprint density at radius 1 is 1.61 bits per heavy atom. The summed E-state index contributed by atoms with van der Waals surface area (Å²) in [6, 6.07) is 7.26. The van der Waals surface area contributed by atoms with E-state index < -0.39 is 0 Å². The van der Waals surface area contributed by atoms with Gasteiger partial charge in [-0.2, -0.15) is 5.26 Å². The molecule has 1 N–H and O–H groups in total. The Morgan fingerprint density at radius 2 is 2.44 bits per heavy atom. The van der Waals surface area contributed by atoms with Crippen molar-refractivity contribution in [1.29, 1.82) is 5.26 Å². The second-order valence-electron chi connectivity index (χ2n) is 3.71. The summed E-state index contributed by atoms with van der Waals surface area (Å²) >= 11 is 0. The predicted octanol–water partition coefficient (Wildman–Crippen LogP) is 1.90. The first-order chi connectivity index (χ1) is 8.72. The van der Waals surface area contributed by atoms with Gasteiger partial charge in [0.25, 0.3) is 5.91 Å². The summed E-state index contributed by atoms with van der Waals surface area (Å²) in [5.41, 5.74) is 1.53. The lowest BCUT2D eigenvalue weighted by atomic mass is 10.2. The monoisotopic (exact) mass is 241 g/mol. The fourth-order valence-corrected chi connectivity index (χ4v) is 1.56. The van der Waals surface area contributed by atoms with Gasteiger partial charge < -0.3 is 9.73 Å². The molecule has 0 saturated heterocycles. The molecular formula is C13H11N3O2. The van der Waals surface area contributed by atoms with Crippen molar-refractivity contribution in [2.45, 2.75) is 6.92 Å². The van der Waals surface area contributed by atoms with Crippen LogP contribution in [0, 0.1) is 18.3 Å². The third-order valence-electron chi connectivity index (χ3n) is 2.40. The molecule has 2 rings (SSSR count). The molecule has 0 radical (unpaired) electrons. The molecule has 1 amide bonds. The van der Waals surface area contributed by atoms with Crippen LogP contribution in [0.1, 0.15) is 16.1 Å². The van der Waals surface area contributed by atoms with Crippen LogP contribution in [0.25, 0.3) is 11.3 Å². The second kappa shape index (κ2) is 5.15. The minimum atomic E-state index is -0.385. The van der Waals surface area contributed by atoms with Gasteiger partial charge >= 0.3 is 0 Å². The minimum Gasteiger partial charge on any atom is -0.451 e. The highest BCUT2D eigenvalue weighted by atomic mass is 16.4. The number of hydrogen-bond acceptors (Lipinski definition) is 4. The van der Waals surface area contributed by atoms with Gasteiger partial charge in [-0.3, -0.25) is 9.78 Å². The normalized spacial score (nSPS) is 9.78. The molecule has 0 spiro atoms. The molecule has 18 heavy (non-hydrogen) atoms. The van der Waals surface area contributed by atoms with E-state index in [0.29, 0.717) is 5.76 Å². The van der Waals surface area contributed by atoms with Gasteiger partial charge in [0.2, 0.25) is 0 Å². The number of carbonyl (C=O) groups is 1. The third kappa shape index (κ3) is 2.38. The van der Waals surface area contributed by atoms with Gasteiger partial charge in [0.15, 0.2) is 5.76 Å². The maximum absolute atomic E-state index is 11.7. The molecule has 5 heteroatoms. The molecule has 0 unspecified atom stereocenters. The van der Waals surface area contributed by atoms with Crippen molar-refractivity contribution in [3.63, 3.8) is 0 Å². The van der Waals surface area contributed by atoms with Crippen LogP contribution in [0.15, 0.2) is 35.0 Å². The molecular weight excluding hydrogens is 230 g/mol. The van der Waals surface area contributed by atoms with E-state index in [1.54, 1.807) is 31.5 Å². The number of rotatable bonds is 3. The van der Waals surface area contributed by atoms with E-state index in [-0.39, 0.29) is 18.2 Å². The zero-order chi connectivity index (χ0) is 13.0. The number of amides is 1. The third-order valence-corrected chi connectivity index (χ3v) is 2.40. The summed E-state index contributed by atoms with van der Waals surface area (Å²) in [6.45, 7) is 1.74. The smallest absolute Gasteiger partial charge is 0.288 e. The largest absolute Gasteiger partial charge is 0.451 e. The van der Waals surface area contributed by atoms with Crippen molar-refractivity contribution in [2.24, 2.45) is 0 Å². The summed E-state index contributed by atoms with van der Waals surface area (Å²) in [5.74, 6) is 0.427. The Hall–Kier alpha value is -2.61. The van der Waals surface area contributed by atoms with Crippen LogP contribution in [0.5, 0.6) is 0 Å². The first-order valence-electron chi connectivity index (χ1n) is 5.38. The number of aromatic nitrogens is 1. The maximum Gasteiger partial charge on any atom is 0.288 e. The SMILES string of the molecule is Cc1cc(-c2cccnc2)oc1C(=O)NCC#N. The number of carbonyl (C=O) groups excluding carboxylic acids is 1. The molecule has 90 valence electrons. The summed E-state index contributed by atoms with van der Waals surface area (Å²) in [5, 5.41) is 10.9. The molecule has 2 aromatic rings. The van der Waals surface area contributed by atoms with Crippen LogP contribution in [0.3, 0.4) is 0 Å². The Balaban J connectivity index is 2.28. The molecule has 2 heterocycles. The number of nitrogens with one attached hydrogen (secondary N) is 1. The number of aryl methyl sites for hydroxylation is 1. The topological polar surface area (TPSA) is 78.9 Å². The molecule has 0 bridgehead atoms. The van der Waals surface area contributed by atoms with E-state index in [1.165, 1.54) is 0 Å². The van der Waals surface area contributed by atoms with E-state index in [1.807, 2.05) is 12.1 Å². The van der Waals surface area contributed by atoms with Crippen LogP contribution in [-0.2, 0) is 0 Å². The van der Waals surface area contributed by atoms with Crippen LogP contribution in [0.4, 0.5) is 0 Å². The highest BCUT2D eigenvalue weighted by Crippen LogP contribution is 2.24. The van der Waals surface area contributed by atoms with E-state index in [2.05, 4.69) is 10.3 Å². The molecule has 0 aliphatic heterocycles. The quantitative estimate of drug-likeness (QED) is 0.832. The average Bonchev–Trinajstić information content (AvgIpc) is 2.79. The molecule has 5 nitrogen and oxygen atoms in total. The van der Waals surface area contributed by atoms with Crippen molar-refractivity contribution in [2.75, 3.05) is 6.54 Å². The molecule has 0 aliphatic rings. The summed E-state index contributed by atoms with van der Waals surface area (Å²) in [6.07, 6.45) is 3.33. The predicted molar refractivity (Wildman–Crippen MR) is 64.6 cm³/mol. The zero-order valence-electron chi connectivity index (χ0n) is 9.80. The summed E-state index contributed by atoms with van der Waals surface area (Å²) in [7, 11) is 0. The standard InChI is InChI=1S/C13H11N3O2/c1-9-7-11(10-3-2-5-15-8-10)18-12(9)13(17)16-6-4-14/h2-3,5,7-8H,6H2,1H3,(H,16,17). The van der Waals surface area contributed by atoms with Gasteiger partial charge in [0, 0.05) is 23.5 Å². The number of hydrogen-bond donors (Lipinski definition) is 1. The van der Waals surface area contributed by atoms with Gasteiger partial charge in [-0.1, -0.05) is 0 Å². The Morgan fingerprint density at radius 3 is 3.11 bits per heavy atom. The molecule has 2 aromatic heterocycles. The summed E-state index contributed by atoms with van der Waals surface area (Å²) < 4.78 is 5.50. The molecule has 0 aromatic carbocycles. The van der Waals surface area contributed by atoms with Gasteiger partial charge in [-0.25, -0.2) is 0 Å². The lowest BCUT2D eigenvalue weighted by Gasteiger charge is -1.98. The number of furan rings is 1. The highest BCUT2D eigenvalue weighted by Gasteiger charge is 2.16. The fraction of sp³-hybridized carbons (Fsp3) is 0.154. The van der Waals surface area contributed by atoms with Gasteiger partial charge in [0.1, 0.15) is 12.3 Å². The maximum atomic E-state index is 11.7. The van der Waals surface area contributed by atoms with E-state index >= 15 is 0 Å². The van der Waals surface area contributed by atoms with Crippen molar-refractivity contribution in [3.05, 3.63) is 41.9 Å². The van der Waals surface area contributed by atoms with Crippen molar-refractivity contribution in [1.82, 2.24) is 10.3 Å². The van der Waals surface area contributed by atoms with E-state index in [9.17, 15) is 4.79 Å². The average molecular weight is 241 g/mol. The van der Waals surface area contributed by atoms with Crippen LogP contribution in [-0.4, -0.2) is 17.4 Å². The number of nitriles is 1. The second-order valence-corrected chi connectivity index (χ2v) is 3.71. The van der Waals surface area contributed by atoms with E-state index in [4.69, 9.17) is 9.68 Å². The Labute approximate surface area is 104 Å². The van der Waals surface area contributed by atoms with Crippen LogP contribution >= 0.6 is 0 Å². The Kier molecular flexibility index (Phi) is 3.39. The van der Waals surface area contributed by atoms with Gasteiger partial charge in [0.05, 0.1) is 6.07 Å². The molecule has 0 fully saturated rings. The lowest BCUT2D eigenvalue weighted by molar-refractivity contribution is 0.0931. The van der Waals surface area contributed by atoms with Crippen LogP contribution < -0.4 is 5.32 Å².